The van der Waals surface area contributed by atoms with E-state index in [0.717, 1.165) is 38.2 Å². The second-order valence-electron chi connectivity index (χ2n) is 6.47. The molecule has 2 aromatic heterocycles. The van der Waals surface area contributed by atoms with E-state index in [1.807, 2.05) is 4.90 Å². The molecular weight excluding hydrogens is 296 g/mol. The zero-order valence-electron chi connectivity index (χ0n) is 13.0. The van der Waals surface area contributed by atoms with Gasteiger partial charge >= 0.3 is 0 Å². The van der Waals surface area contributed by atoms with Crippen LogP contribution < -0.4 is 0 Å². The van der Waals surface area contributed by atoms with Gasteiger partial charge in [-0.3, -0.25) is 4.79 Å². The normalized spacial score (nSPS) is 21.6. The summed E-state index contributed by atoms with van der Waals surface area (Å²) in [7, 11) is 0. The monoisotopic (exact) mass is 316 g/mol. The zero-order chi connectivity index (χ0) is 15.6. The standard InChI is InChI=1S/C15H20N6O2/c22-14(8-21-10-16-9-17-21)20-5-1-2-11(7-20)6-13-18-15(19-23-13)12-3-4-12/h9-12H,1-8H2. The zero-order valence-corrected chi connectivity index (χ0v) is 13.0. The van der Waals surface area contributed by atoms with Gasteiger partial charge in [0.05, 0.1) is 0 Å². The van der Waals surface area contributed by atoms with Gasteiger partial charge in [-0.25, -0.2) is 9.67 Å². The van der Waals surface area contributed by atoms with Crippen molar-refractivity contribution < 1.29 is 9.32 Å². The van der Waals surface area contributed by atoms with Gasteiger partial charge in [0.2, 0.25) is 11.8 Å². The highest BCUT2D eigenvalue weighted by atomic mass is 16.5. The Morgan fingerprint density at radius 2 is 2.26 bits per heavy atom. The summed E-state index contributed by atoms with van der Waals surface area (Å²) in [6.45, 7) is 1.80. The number of piperidine rings is 1. The Labute approximate surface area is 133 Å². The third kappa shape index (κ3) is 3.40. The van der Waals surface area contributed by atoms with Crippen molar-refractivity contribution in [2.45, 2.75) is 44.6 Å². The highest BCUT2D eigenvalue weighted by molar-refractivity contribution is 5.75. The number of carbonyl (C=O) groups excluding carboxylic acids is 1. The van der Waals surface area contributed by atoms with Gasteiger partial charge < -0.3 is 9.42 Å². The van der Waals surface area contributed by atoms with E-state index in [0.29, 0.717) is 17.7 Å². The molecule has 1 amide bonds. The number of hydrogen-bond acceptors (Lipinski definition) is 6. The van der Waals surface area contributed by atoms with Gasteiger partial charge in [-0.2, -0.15) is 10.1 Å². The molecule has 122 valence electrons. The van der Waals surface area contributed by atoms with Crippen molar-refractivity contribution in [1.82, 2.24) is 29.8 Å². The molecule has 1 aliphatic carbocycles. The Hall–Kier alpha value is -2.25. The molecule has 1 saturated carbocycles. The quantitative estimate of drug-likeness (QED) is 0.818. The molecule has 1 atom stereocenters. The fourth-order valence-corrected chi connectivity index (χ4v) is 3.12. The summed E-state index contributed by atoms with van der Waals surface area (Å²) >= 11 is 0. The molecule has 2 fully saturated rings. The van der Waals surface area contributed by atoms with Crippen molar-refractivity contribution >= 4 is 5.91 Å². The Kier molecular flexibility index (Phi) is 3.80. The van der Waals surface area contributed by atoms with E-state index in [9.17, 15) is 4.79 Å². The summed E-state index contributed by atoms with van der Waals surface area (Å²) in [6, 6.07) is 0. The minimum atomic E-state index is 0.0874. The number of nitrogens with zero attached hydrogens (tertiary/aromatic N) is 6. The van der Waals surface area contributed by atoms with Crippen molar-refractivity contribution in [1.29, 1.82) is 0 Å². The van der Waals surface area contributed by atoms with E-state index in [4.69, 9.17) is 4.52 Å². The Balaban J connectivity index is 1.33. The van der Waals surface area contributed by atoms with Crippen LogP contribution in [-0.4, -0.2) is 48.8 Å². The van der Waals surface area contributed by atoms with Crippen LogP contribution in [0.5, 0.6) is 0 Å². The molecule has 2 aromatic rings. The lowest BCUT2D eigenvalue weighted by atomic mass is 9.94. The van der Waals surface area contributed by atoms with E-state index in [2.05, 4.69) is 20.2 Å². The number of amides is 1. The number of carbonyl (C=O) groups is 1. The average molecular weight is 316 g/mol. The number of rotatable bonds is 5. The molecule has 0 radical (unpaired) electrons. The van der Waals surface area contributed by atoms with Crippen molar-refractivity contribution in [3.05, 3.63) is 24.4 Å². The largest absolute Gasteiger partial charge is 0.341 e. The molecule has 2 aliphatic rings. The van der Waals surface area contributed by atoms with E-state index in [1.165, 1.54) is 19.2 Å². The lowest BCUT2D eigenvalue weighted by Gasteiger charge is -2.32. The van der Waals surface area contributed by atoms with Crippen molar-refractivity contribution in [3.8, 4) is 0 Å². The van der Waals surface area contributed by atoms with Crippen LogP contribution in [0.25, 0.3) is 0 Å². The summed E-state index contributed by atoms with van der Waals surface area (Å²) in [5.41, 5.74) is 0. The SMILES string of the molecule is O=C(Cn1cncn1)N1CCCC(Cc2nc(C3CC3)no2)C1. The first-order valence-corrected chi connectivity index (χ1v) is 8.20. The van der Waals surface area contributed by atoms with Crippen LogP contribution in [0.4, 0.5) is 0 Å². The smallest absolute Gasteiger partial charge is 0.244 e. The van der Waals surface area contributed by atoms with Gasteiger partial charge in [0.15, 0.2) is 5.82 Å². The number of likely N-dealkylation sites (tertiary alicyclic amines) is 1. The molecule has 0 N–H and O–H groups in total. The molecule has 1 aliphatic heterocycles. The van der Waals surface area contributed by atoms with Crippen LogP contribution in [0.2, 0.25) is 0 Å². The van der Waals surface area contributed by atoms with E-state index >= 15 is 0 Å². The highest BCUT2D eigenvalue weighted by Crippen LogP contribution is 2.38. The molecule has 1 unspecified atom stereocenters. The summed E-state index contributed by atoms with van der Waals surface area (Å²) < 4.78 is 6.92. The van der Waals surface area contributed by atoms with Gasteiger partial charge in [0.25, 0.3) is 0 Å². The lowest BCUT2D eigenvalue weighted by molar-refractivity contribution is -0.133. The summed E-state index contributed by atoms with van der Waals surface area (Å²) in [5, 5.41) is 8.05. The Morgan fingerprint density at radius 3 is 3.04 bits per heavy atom. The van der Waals surface area contributed by atoms with Crippen molar-refractivity contribution in [2.75, 3.05) is 13.1 Å². The van der Waals surface area contributed by atoms with E-state index in [1.54, 1.807) is 11.0 Å². The maximum absolute atomic E-state index is 12.4. The van der Waals surface area contributed by atoms with Crippen molar-refractivity contribution in [3.63, 3.8) is 0 Å². The molecule has 0 bridgehead atoms. The average Bonchev–Trinajstić information content (AvgIpc) is 3.09. The fourth-order valence-electron chi connectivity index (χ4n) is 3.12. The first-order valence-electron chi connectivity index (χ1n) is 8.20. The van der Waals surface area contributed by atoms with Crippen LogP contribution in [0, 0.1) is 5.92 Å². The van der Waals surface area contributed by atoms with Crippen LogP contribution >= 0.6 is 0 Å². The molecule has 0 spiro atoms. The topological polar surface area (TPSA) is 89.9 Å². The first kappa shape index (κ1) is 14.3. The summed E-state index contributed by atoms with van der Waals surface area (Å²) in [5.74, 6) is 2.55. The maximum atomic E-state index is 12.4. The Morgan fingerprint density at radius 1 is 1.35 bits per heavy atom. The molecule has 0 aromatic carbocycles. The second-order valence-corrected chi connectivity index (χ2v) is 6.47. The molecule has 23 heavy (non-hydrogen) atoms. The summed E-state index contributed by atoms with van der Waals surface area (Å²) in [6.07, 6.45) is 8.22. The predicted molar refractivity (Wildman–Crippen MR) is 79.3 cm³/mol. The van der Waals surface area contributed by atoms with Gasteiger partial charge in [-0.15, -0.1) is 0 Å². The number of aromatic nitrogens is 5. The van der Waals surface area contributed by atoms with Crippen LogP contribution in [-0.2, 0) is 17.8 Å². The Bertz CT molecular complexity index is 663. The third-order valence-corrected chi connectivity index (χ3v) is 4.53. The van der Waals surface area contributed by atoms with Crippen LogP contribution in [0.3, 0.4) is 0 Å². The third-order valence-electron chi connectivity index (χ3n) is 4.53. The van der Waals surface area contributed by atoms with Gasteiger partial charge in [0, 0.05) is 25.4 Å². The fraction of sp³-hybridized carbons (Fsp3) is 0.667. The van der Waals surface area contributed by atoms with Crippen LogP contribution in [0.15, 0.2) is 17.2 Å². The summed E-state index contributed by atoms with van der Waals surface area (Å²) in [4.78, 5) is 22.6. The van der Waals surface area contributed by atoms with Gasteiger partial charge in [-0.05, 0) is 31.6 Å². The molecular formula is C15H20N6O2. The van der Waals surface area contributed by atoms with E-state index < -0.39 is 0 Å². The minimum absolute atomic E-state index is 0.0874. The highest BCUT2D eigenvalue weighted by Gasteiger charge is 2.30. The molecule has 4 rings (SSSR count). The molecule has 3 heterocycles. The maximum Gasteiger partial charge on any atom is 0.244 e. The van der Waals surface area contributed by atoms with E-state index in [-0.39, 0.29) is 12.5 Å². The minimum Gasteiger partial charge on any atom is -0.341 e. The molecule has 8 heteroatoms. The second kappa shape index (κ2) is 6.10. The predicted octanol–water partition coefficient (Wildman–Crippen LogP) is 1.02. The van der Waals surface area contributed by atoms with Gasteiger partial charge in [-0.1, -0.05) is 5.16 Å². The van der Waals surface area contributed by atoms with Gasteiger partial charge in [0.1, 0.15) is 19.2 Å². The van der Waals surface area contributed by atoms with Crippen molar-refractivity contribution in [2.24, 2.45) is 5.92 Å². The molecule has 8 nitrogen and oxygen atoms in total. The number of hydrogen-bond donors (Lipinski definition) is 0. The molecule has 1 saturated heterocycles. The van der Waals surface area contributed by atoms with Crippen LogP contribution in [0.1, 0.15) is 43.3 Å². The first-order chi connectivity index (χ1) is 11.3. The lowest BCUT2D eigenvalue weighted by Crippen LogP contribution is -2.42.